The molecule has 0 fully saturated rings. The molecular weight excluding hydrogens is 284 g/mol. The lowest BCUT2D eigenvalue weighted by atomic mass is 10.2. The maximum atomic E-state index is 10.3. The van der Waals surface area contributed by atoms with Gasteiger partial charge in [0.2, 0.25) is 0 Å². The quantitative estimate of drug-likeness (QED) is 0.629. The number of hydrogen-bond acceptors (Lipinski definition) is 4. The molecule has 1 N–H and O–H groups in total. The van der Waals surface area contributed by atoms with Gasteiger partial charge in [0.1, 0.15) is 0 Å². The van der Waals surface area contributed by atoms with Gasteiger partial charge in [-0.1, -0.05) is 12.1 Å². The Morgan fingerprint density at radius 2 is 2.19 bits per heavy atom. The van der Waals surface area contributed by atoms with Gasteiger partial charge in [0.05, 0.1) is 35.7 Å². The van der Waals surface area contributed by atoms with Crippen LogP contribution in [0.3, 0.4) is 0 Å². The molecule has 0 aliphatic rings. The number of hydrogen-bond donors (Lipinski definition) is 1. The summed E-state index contributed by atoms with van der Waals surface area (Å²) in [4.78, 5) is 9.80. The molecule has 0 bridgehead atoms. The van der Waals surface area contributed by atoms with Crippen molar-refractivity contribution in [3.8, 4) is 0 Å². The predicted molar refractivity (Wildman–Crippen MR) is 82.5 cm³/mol. The second-order valence-electron chi connectivity index (χ2n) is 5.07. The summed E-state index contributed by atoms with van der Waals surface area (Å²) in [6.07, 6.45) is 5.79. The molecule has 3 heterocycles. The molecule has 6 heteroatoms. The lowest BCUT2D eigenvalue weighted by Gasteiger charge is -2.10. The molecule has 0 aliphatic heterocycles. The maximum Gasteiger partial charge on any atom is 0.193 e. The van der Waals surface area contributed by atoms with Gasteiger partial charge in [0.25, 0.3) is 0 Å². The summed E-state index contributed by atoms with van der Waals surface area (Å²) < 4.78 is 3.97. The first-order chi connectivity index (χ1) is 10.3. The third-order valence-corrected chi connectivity index (χ3v) is 4.29. The highest BCUT2D eigenvalue weighted by Crippen LogP contribution is 2.15. The van der Waals surface area contributed by atoms with E-state index < -0.39 is 6.10 Å². The maximum absolute atomic E-state index is 10.3. The third kappa shape index (κ3) is 2.32. The SMILES string of the molecule is OC(Cc1cn2ccsc2n1)Cn1cnc2ccccc21. The van der Waals surface area contributed by atoms with Crippen LogP contribution in [0.25, 0.3) is 16.0 Å². The first-order valence-electron chi connectivity index (χ1n) is 6.78. The van der Waals surface area contributed by atoms with Crippen LogP contribution in [0.15, 0.2) is 48.4 Å². The number of rotatable bonds is 4. The average Bonchev–Trinajstić information content (AvgIpc) is 3.14. The molecule has 4 aromatic rings. The molecule has 0 aliphatic carbocycles. The Bertz CT molecular complexity index is 863. The monoisotopic (exact) mass is 298 g/mol. The smallest absolute Gasteiger partial charge is 0.193 e. The van der Waals surface area contributed by atoms with Crippen molar-refractivity contribution in [3.63, 3.8) is 0 Å². The van der Waals surface area contributed by atoms with E-state index in [1.54, 1.807) is 17.7 Å². The van der Waals surface area contributed by atoms with Crippen LogP contribution in [0.5, 0.6) is 0 Å². The van der Waals surface area contributed by atoms with Crippen LogP contribution >= 0.6 is 11.3 Å². The highest BCUT2D eigenvalue weighted by Gasteiger charge is 2.12. The van der Waals surface area contributed by atoms with Crippen LogP contribution in [0.2, 0.25) is 0 Å². The van der Waals surface area contributed by atoms with E-state index >= 15 is 0 Å². The van der Waals surface area contributed by atoms with Gasteiger partial charge in [0.15, 0.2) is 4.96 Å². The summed E-state index contributed by atoms with van der Waals surface area (Å²) in [6.45, 7) is 0.520. The van der Waals surface area contributed by atoms with Crippen molar-refractivity contribution in [2.75, 3.05) is 0 Å². The van der Waals surface area contributed by atoms with Crippen LogP contribution < -0.4 is 0 Å². The number of fused-ring (bicyclic) bond motifs is 2. The van der Waals surface area contributed by atoms with Crippen molar-refractivity contribution in [2.45, 2.75) is 19.1 Å². The van der Waals surface area contributed by atoms with Crippen LogP contribution in [-0.2, 0) is 13.0 Å². The van der Waals surface area contributed by atoms with Crippen LogP contribution in [0.4, 0.5) is 0 Å². The van der Waals surface area contributed by atoms with Gasteiger partial charge >= 0.3 is 0 Å². The average molecular weight is 298 g/mol. The Morgan fingerprint density at radius 3 is 3.10 bits per heavy atom. The fraction of sp³-hybridized carbons (Fsp3) is 0.200. The van der Waals surface area contributed by atoms with Crippen molar-refractivity contribution < 1.29 is 5.11 Å². The fourth-order valence-electron chi connectivity index (χ4n) is 2.56. The van der Waals surface area contributed by atoms with Gasteiger partial charge in [-0.3, -0.25) is 4.40 Å². The van der Waals surface area contributed by atoms with E-state index in [0.29, 0.717) is 13.0 Å². The molecule has 0 amide bonds. The number of para-hydroxylation sites is 2. The minimum absolute atomic E-state index is 0.479. The zero-order valence-corrected chi connectivity index (χ0v) is 12.1. The zero-order valence-electron chi connectivity index (χ0n) is 11.3. The molecule has 106 valence electrons. The number of aliphatic hydroxyl groups excluding tert-OH is 1. The Labute approximate surface area is 125 Å². The highest BCUT2D eigenvalue weighted by molar-refractivity contribution is 7.15. The Morgan fingerprint density at radius 1 is 1.29 bits per heavy atom. The molecule has 0 saturated carbocycles. The normalized spacial score (nSPS) is 13.2. The molecule has 1 atom stereocenters. The lowest BCUT2D eigenvalue weighted by Crippen LogP contribution is -2.18. The summed E-state index contributed by atoms with van der Waals surface area (Å²) in [5, 5.41) is 12.3. The van der Waals surface area contributed by atoms with E-state index in [1.165, 1.54) is 0 Å². The number of nitrogens with zero attached hydrogens (tertiary/aromatic N) is 4. The van der Waals surface area contributed by atoms with Gasteiger partial charge < -0.3 is 9.67 Å². The molecule has 21 heavy (non-hydrogen) atoms. The van der Waals surface area contributed by atoms with Gasteiger partial charge in [-0.05, 0) is 12.1 Å². The van der Waals surface area contributed by atoms with Gasteiger partial charge in [-0.15, -0.1) is 11.3 Å². The Kier molecular flexibility index (Phi) is 2.98. The second kappa shape index (κ2) is 4.98. The van der Waals surface area contributed by atoms with Crippen molar-refractivity contribution in [1.29, 1.82) is 0 Å². The standard InChI is InChI=1S/C15H14N4OS/c20-12(7-11-8-18-5-6-21-15(18)17-11)9-19-10-16-13-3-1-2-4-14(13)19/h1-6,8,10,12,20H,7,9H2. The molecule has 1 unspecified atom stereocenters. The van der Waals surface area contributed by atoms with Crippen molar-refractivity contribution in [2.24, 2.45) is 0 Å². The molecule has 0 radical (unpaired) electrons. The predicted octanol–water partition coefficient (Wildman–Crippen LogP) is 2.35. The molecule has 1 aromatic carbocycles. The fourth-order valence-corrected chi connectivity index (χ4v) is 3.28. The highest BCUT2D eigenvalue weighted by atomic mass is 32.1. The van der Waals surface area contributed by atoms with Crippen molar-refractivity contribution >= 4 is 27.3 Å². The minimum atomic E-state index is -0.479. The Balaban J connectivity index is 1.52. The van der Waals surface area contributed by atoms with Crippen LogP contribution in [-0.4, -0.2) is 30.1 Å². The first kappa shape index (κ1) is 12.6. The summed E-state index contributed by atoms with van der Waals surface area (Å²) in [7, 11) is 0. The number of aliphatic hydroxyl groups is 1. The van der Waals surface area contributed by atoms with Crippen molar-refractivity contribution in [3.05, 3.63) is 54.1 Å². The Hall–Kier alpha value is -2.18. The molecular formula is C15H14N4OS. The zero-order chi connectivity index (χ0) is 14.2. The van der Waals surface area contributed by atoms with E-state index in [1.807, 2.05) is 51.0 Å². The molecule has 5 nitrogen and oxygen atoms in total. The van der Waals surface area contributed by atoms with Gasteiger partial charge in [0, 0.05) is 24.2 Å². The van der Waals surface area contributed by atoms with E-state index in [4.69, 9.17) is 0 Å². The topological polar surface area (TPSA) is 55.4 Å². The number of imidazole rings is 2. The summed E-state index contributed by atoms with van der Waals surface area (Å²) in [5.74, 6) is 0. The molecule has 0 spiro atoms. The summed E-state index contributed by atoms with van der Waals surface area (Å²) in [5.41, 5.74) is 2.91. The summed E-state index contributed by atoms with van der Waals surface area (Å²) >= 11 is 1.60. The first-order valence-corrected chi connectivity index (χ1v) is 7.66. The van der Waals surface area contributed by atoms with Gasteiger partial charge in [-0.2, -0.15) is 0 Å². The van der Waals surface area contributed by atoms with Crippen LogP contribution in [0.1, 0.15) is 5.69 Å². The number of benzene rings is 1. The molecule has 0 saturated heterocycles. The van der Waals surface area contributed by atoms with Gasteiger partial charge in [-0.25, -0.2) is 9.97 Å². The third-order valence-electron chi connectivity index (χ3n) is 3.52. The summed E-state index contributed by atoms with van der Waals surface area (Å²) in [6, 6.07) is 7.94. The van der Waals surface area contributed by atoms with E-state index in [2.05, 4.69) is 9.97 Å². The minimum Gasteiger partial charge on any atom is -0.391 e. The van der Waals surface area contributed by atoms with E-state index in [-0.39, 0.29) is 0 Å². The molecule has 3 aromatic heterocycles. The second-order valence-corrected chi connectivity index (χ2v) is 5.94. The van der Waals surface area contributed by atoms with E-state index in [9.17, 15) is 5.11 Å². The molecule has 4 rings (SSSR count). The largest absolute Gasteiger partial charge is 0.391 e. The lowest BCUT2D eigenvalue weighted by molar-refractivity contribution is 0.154. The number of aromatic nitrogens is 4. The van der Waals surface area contributed by atoms with Crippen LogP contribution in [0, 0.1) is 0 Å². The van der Waals surface area contributed by atoms with E-state index in [0.717, 1.165) is 21.7 Å². The number of thiazole rings is 1. The van der Waals surface area contributed by atoms with Crippen molar-refractivity contribution in [1.82, 2.24) is 18.9 Å².